The molecule has 2 saturated heterocycles. The summed E-state index contributed by atoms with van der Waals surface area (Å²) >= 11 is 0. The summed E-state index contributed by atoms with van der Waals surface area (Å²) in [5.74, 6) is -0.594. The Balaban J connectivity index is 1.59. The minimum Gasteiger partial charge on any atom is -0.341 e. The molecule has 2 aliphatic rings. The van der Waals surface area contributed by atoms with E-state index >= 15 is 0 Å². The van der Waals surface area contributed by atoms with Crippen LogP contribution in [-0.4, -0.2) is 54.0 Å². The van der Waals surface area contributed by atoms with E-state index in [4.69, 9.17) is 5.73 Å². The molecule has 2 heterocycles. The van der Waals surface area contributed by atoms with Crippen molar-refractivity contribution in [3.8, 4) is 0 Å². The number of nitrogens with zero attached hydrogens (tertiary/aromatic N) is 2. The minimum absolute atomic E-state index is 0.0537. The van der Waals surface area contributed by atoms with Crippen LogP contribution in [0.5, 0.6) is 0 Å². The van der Waals surface area contributed by atoms with Gasteiger partial charge in [-0.2, -0.15) is 0 Å². The average Bonchev–Trinajstić information content (AvgIpc) is 3.03. The molecule has 2 fully saturated rings. The van der Waals surface area contributed by atoms with E-state index in [9.17, 15) is 14.0 Å². The van der Waals surface area contributed by atoms with Gasteiger partial charge in [-0.25, -0.2) is 9.18 Å². The molecule has 0 aromatic heterocycles. The molecular weight excluding hydrogens is 311 g/mol. The number of rotatable bonds is 2. The summed E-state index contributed by atoms with van der Waals surface area (Å²) in [5.41, 5.74) is 6.02. The van der Waals surface area contributed by atoms with Gasteiger partial charge in [0.2, 0.25) is 5.91 Å². The molecule has 130 valence electrons. The van der Waals surface area contributed by atoms with Gasteiger partial charge in [0, 0.05) is 32.2 Å². The molecule has 2 aliphatic heterocycles. The zero-order valence-electron chi connectivity index (χ0n) is 13.6. The number of para-hydroxylation sites is 1. The fraction of sp³-hybridized carbons (Fsp3) is 0.529. The van der Waals surface area contributed by atoms with Crippen molar-refractivity contribution in [1.82, 2.24) is 9.80 Å². The van der Waals surface area contributed by atoms with E-state index in [-0.39, 0.29) is 29.6 Å². The lowest BCUT2D eigenvalue weighted by Gasteiger charge is -2.34. The number of hydrogen-bond acceptors (Lipinski definition) is 3. The van der Waals surface area contributed by atoms with Gasteiger partial charge in [0.1, 0.15) is 5.82 Å². The van der Waals surface area contributed by atoms with Crippen molar-refractivity contribution in [1.29, 1.82) is 0 Å². The third-order valence-corrected chi connectivity index (χ3v) is 4.71. The van der Waals surface area contributed by atoms with E-state index in [0.29, 0.717) is 26.2 Å². The normalized spacial score (nSPS) is 24.1. The molecule has 24 heavy (non-hydrogen) atoms. The van der Waals surface area contributed by atoms with Gasteiger partial charge in [-0.05, 0) is 31.4 Å². The number of amides is 3. The van der Waals surface area contributed by atoms with Gasteiger partial charge in [-0.15, -0.1) is 0 Å². The van der Waals surface area contributed by atoms with Crippen LogP contribution in [0.4, 0.5) is 14.9 Å². The SMILES string of the molecule is N[C@@H]1CCN(C(=O)C2CCCN(C(=O)Nc3ccccc3F)C2)C1. The van der Waals surface area contributed by atoms with Crippen molar-refractivity contribution < 1.29 is 14.0 Å². The standard InChI is InChI=1S/C17H23FN4O2/c18-14-5-1-2-6-15(14)20-17(24)22-8-3-4-12(10-22)16(23)21-9-7-13(19)11-21/h1-2,5-6,12-13H,3-4,7-11,19H2,(H,20,24)/t12?,13-/m1/s1. The van der Waals surface area contributed by atoms with E-state index in [1.807, 2.05) is 0 Å². The molecule has 0 bridgehead atoms. The van der Waals surface area contributed by atoms with Crippen LogP contribution >= 0.6 is 0 Å². The van der Waals surface area contributed by atoms with Crippen molar-refractivity contribution in [2.24, 2.45) is 11.7 Å². The monoisotopic (exact) mass is 334 g/mol. The van der Waals surface area contributed by atoms with Crippen LogP contribution in [0, 0.1) is 11.7 Å². The van der Waals surface area contributed by atoms with Gasteiger partial charge >= 0.3 is 6.03 Å². The van der Waals surface area contributed by atoms with Crippen molar-refractivity contribution in [2.75, 3.05) is 31.5 Å². The third kappa shape index (κ3) is 3.67. The number of likely N-dealkylation sites (tertiary alicyclic amines) is 2. The summed E-state index contributed by atoms with van der Waals surface area (Å²) < 4.78 is 13.7. The summed E-state index contributed by atoms with van der Waals surface area (Å²) in [5, 5.41) is 2.58. The Kier molecular flexibility index (Phi) is 4.99. The van der Waals surface area contributed by atoms with Crippen LogP contribution in [0.3, 0.4) is 0 Å². The first-order valence-corrected chi connectivity index (χ1v) is 8.39. The van der Waals surface area contributed by atoms with E-state index in [2.05, 4.69) is 5.32 Å². The summed E-state index contributed by atoms with van der Waals surface area (Å²) in [6.45, 7) is 2.23. The molecular formula is C17H23FN4O2. The molecule has 1 aromatic rings. The van der Waals surface area contributed by atoms with E-state index in [0.717, 1.165) is 19.3 Å². The fourth-order valence-electron chi connectivity index (χ4n) is 3.37. The predicted molar refractivity (Wildman–Crippen MR) is 88.9 cm³/mol. The number of nitrogens with one attached hydrogen (secondary N) is 1. The number of halogens is 1. The topological polar surface area (TPSA) is 78.7 Å². The molecule has 3 amide bonds. The molecule has 3 rings (SSSR count). The molecule has 1 unspecified atom stereocenters. The number of anilines is 1. The lowest BCUT2D eigenvalue weighted by molar-refractivity contribution is -0.135. The van der Waals surface area contributed by atoms with Crippen LogP contribution in [0.15, 0.2) is 24.3 Å². The summed E-state index contributed by atoms with van der Waals surface area (Å²) in [6.07, 6.45) is 2.37. The van der Waals surface area contributed by atoms with Crippen LogP contribution in [0.2, 0.25) is 0 Å². The summed E-state index contributed by atoms with van der Waals surface area (Å²) in [6, 6.07) is 5.74. The number of piperidine rings is 1. The molecule has 0 spiro atoms. The highest BCUT2D eigenvalue weighted by molar-refractivity contribution is 5.90. The fourth-order valence-corrected chi connectivity index (χ4v) is 3.37. The maximum atomic E-state index is 13.7. The first-order chi connectivity index (χ1) is 11.5. The molecule has 0 saturated carbocycles. The van der Waals surface area contributed by atoms with Gasteiger partial charge in [-0.1, -0.05) is 12.1 Å². The molecule has 2 atom stereocenters. The summed E-state index contributed by atoms with van der Waals surface area (Å²) in [7, 11) is 0. The quantitative estimate of drug-likeness (QED) is 0.863. The number of carbonyl (C=O) groups excluding carboxylic acids is 2. The Bertz CT molecular complexity index is 624. The minimum atomic E-state index is -0.471. The maximum absolute atomic E-state index is 13.7. The van der Waals surface area contributed by atoms with Crippen molar-refractivity contribution in [3.63, 3.8) is 0 Å². The van der Waals surface area contributed by atoms with E-state index < -0.39 is 5.82 Å². The van der Waals surface area contributed by atoms with Crippen LogP contribution in [-0.2, 0) is 4.79 Å². The van der Waals surface area contributed by atoms with Gasteiger partial charge in [0.05, 0.1) is 11.6 Å². The van der Waals surface area contributed by atoms with E-state index in [1.165, 1.54) is 12.1 Å². The smallest absolute Gasteiger partial charge is 0.321 e. The number of hydrogen-bond donors (Lipinski definition) is 2. The van der Waals surface area contributed by atoms with Crippen LogP contribution in [0.1, 0.15) is 19.3 Å². The molecule has 0 aliphatic carbocycles. The molecule has 3 N–H and O–H groups in total. The summed E-state index contributed by atoms with van der Waals surface area (Å²) in [4.78, 5) is 28.3. The second kappa shape index (κ2) is 7.17. The Morgan fingerprint density at radius 3 is 2.62 bits per heavy atom. The zero-order chi connectivity index (χ0) is 17.1. The van der Waals surface area contributed by atoms with Crippen molar-refractivity contribution >= 4 is 17.6 Å². The number of carbonyl (C=O) groups is 2. The van der Waals surface area contributed by atoms with Gasteiger partial charge in [0.15, 0.2) is 0 Å². The van der Waals surface area contributed by atoms with E-state index in [1.54, 1.807) is 21.9 Å². The molecule has 0 radical (unpaired) electrons. The highest BCUT2D eigenvalue weighted by Crippen LogP contribution is 2.22. The number of nitrogens with two attached hydrogens (primary N) is 1. The number of benzene rings is 1. The van der Waals surface area contributed by atoms with Crippen LogP contribution < -0.4 is 11.1 Å². The lowest BCUT2D eigenvalue weighted by Crippen LogP contribution is -2.47. The van der Waals surface area contributed by atoms with Crippen molar-refractivity contribution in [3.05, 3.63) is 30.1 Å². The molecule has 1 aromatic carbocycles. The highest BCUT2D eigenvalue weighted by Gasteiger charge is 2.33. The predicted octanol–water partition coefficient (Wildman–Crippen LogP) is 1.63. The third-order valence-electron chi connectivity index (χ3n) is 4.71. The second-order valence-corrected chi connectivity index (χ2v) is 6.53. The Labute approximate surface area is 140 Å². The highest BCUT2D eigenvalue weighted by atomic mass is 19.1. The largest absolute Gasteiger partial charge is 0.341 e. The first kappa shape index (κ1) is 16.7. The first-order valence-electron chi connectivity index (χ1n) is 8.39. The van der Waals surface area contributed by atoms with Gasteiger partial charge < -0.3 is 20.9 Å². The molecule has 6 nitrogen and oxygen atoms in total. The maximum Gasteiger partial charge on any atom is 0.321 e. The van der Waals surface area contributed by atoms with Crippen LogP contribution in [0.25, 0.3) is 0 Å². The Morgan fingerprint density at radius 2 is 1.92 bits per heavy atom. The van der Waals surface area contributed by atoms with Crippen molar-refractivity contribution in [2.45, 2.75) is 25.3 Å². The Morgan fingerprint density at radius 1 is 1.12 bits per heavy atom. The zero-order valence-corrected chi connectivity index (χ0v) is 13.6. The Hall–Kier alpha value is -2.15. The van der Waals surface area contributed by atoms with Gasteiger partial charge in [-0.3, -0.25) is 4.79 Å². The molecule has 7 heteroatoms. The average molecular weight is 334 g/mol. The lowest BCUT2D eigenvalue weighted by atomic mass is 9.97. The number of urea groups is 1. The second-order valence-electron chi connectivity index (χ2n) is 6.53. The van der Waals surface area contributed by atoms with Gasteiger partial charge in [0.25, 0.3) is 0 Å².